The van der Waals surface area contributed by atoms with E-state index in [2.05, 4.69) is 50.8 Å². The molecule has 0 radical (unpaired) electrons. The molecule has 7 heteroatoms. The molecule has 120 valence electrons. The van der Waals surface area contributed by atoms with Gasteiger partial charge in [0.05, 0.1) is 6.04 Å². The topological polar surface area (TPSA) is 35.7 Å². The Hall–Kier alpha value is 0.310. The second-order valence-corrected chi connectivity index (χ2v) is 8.24. The molecule has 0 spiro atoms. The predicted molar refractivity (Wildman–Crippen MR) is 95.4 cm³/mol. The van der Waals surface area contributed by atoms with E-state index in [1.165, 1.54) is 4.88 Å². The lowest BCUT2D eigenvalue weighted by Gasteiger charge is -2.39. The third-order valence-corrected chi connectivity index (χ3v) is 6.50. The van der Waals surface area contributed by atoms with Gasteiger partial charge in [-0.15, -0.1) is 11.3 Å². The molecule has 1 atom stereocenters. The Labute approximate surface area is 145 Å². The van der Waals surface area contributed by atoms with Crippen LogP contribution in [0.2, 0.25) is 4.34 Å². The molecule has 4 nitrogen and oxygen atoms in total. The zero-order valence-corrected chi connectivity index (χ0v) is 15.8. The van der Waals surface area contributed by atoms with Crippen molar-refractivity contribution in [1.29, 1.82) is 0 Å². The average molecular weight is 396 g/mol. The number of nitrogens with two attached hydrogens (primary N) is 1. The van der Waals surface area contributed by atoms with E-state index in [-0.39, 0.29) is 6.04 Å². The minimum absolute atomic E-state index is 0.287. The summed E-state index contributed by atoms with van der Waals surface area (Å²) in [6.45, 7) is 7.28. The van der Waals surface area contributed by atoms with Crippen LogP contribution in [0.1, 0.15) is 10.9 Å². The molecule has 21 heavy (non-hydrogen) atoms. The van der Waals surface area contributed by atoms with Gasteiger partial charge in [0.15, 0.2) is 0 Å². The number of nitrogens with zero attached hydrogens (tertiary/aromatic N) is 3. The standard InChI is InChI=1S/C14H24BrClN4S/c1-18(2)3-4-19-5-7-20(8-6-19)12(10-17)13-9-11(15)14(16)21-13/h9,12H,3-8,10,17H2,1-2H3. The number of piperazine rings is 1. The summed E-state index contributed by atoms with van der Waals surface area (Å²) in [5.74, 6) is 0. The summed E-state index contributed by atoms with van der Waals surface area (Å²) in [6, 6.07) is 2.40. The fourth-order valence-electron chi connectivity index (χ4n) is 2.61. The molecule has 1 aromatic heterocycles. The van der Waals surface area contributed by atoms with Crippen molar-refractivity contribution in [1.82, 2.24) is 14.7 Å². The second kappa shape index (κ2) is 8.24. The molecule has 1 aliphatic rings. The molecular weight excluding hydrogens is 372 g/mol. The number of likely N-dealkylation sites (N-methyl/N-ethyl adjacent to an activating group) is 1. The van der Waals surface area contributed by atoms with Crippen LogP contribution in [-0.4, -0.2) is 74.6 Å². The van der Waals surface area contributed by atoms with Crippen molar-refractivity contribution in [3.8, 4) is 0 Å². The summed E-state index contributed by atoms with van der Waals surface area (Å²) >= 11 is 11.3. The monoisotopic (exact) mass is 394 g/mol. The Bertz CT molecular complexity index is 427. The Morgan fingerprint density at radius 2 is 2.05 bits per heavy atom. The number of rotatable bonds is 6. The normalized spacial score (nSPS) is 19.3. The van der Waals surface area contributed by atoms with E-state index < -0.39 is 0 Å². The molecule has 0 aliphatic carbocycles. The van der Waals surface area contributed by atoms with Gasteiger partial charge in [-0.1, -0.05) is 11.6 Å². The maximum Gasteiger partial charge on any atom is 0.107 e. The lowest BCUT2D eigenvalue weighted by Crippen LogP contribution is -2.50. The molecule has 0 aromatic carbocycles. The average Bonchev–Trinajstić information content (AvgIpc) is 2.78. The van der Waals surface area contributed by atoms with Gasteiger partial charge in [0.2, 0.25) is 0 Å². The minimum atomic E-state index is 0.287. The van der Waals surface area contributed by atoms with E-state index in [4.69, 9.17) is 17.3 Å². The zero-order valence-electron chi connectivity index (χ0n) is 12.7. The molecule has 0 amide bonds. The fourth-order valence-corrected chi connectivity index (χ4v) is 4.50. The number of halogens is 2. The van der Waals surface area contributed by atoms with Gasteiger partial charge in [-0.3, -0.25) is 9.80 Å². The number of thiophene rings is 1. The second-order valence-electron chi connectivity index (χ2n) is 5.70. The van der Waals surface area contributed by atoms with Crippen LogP contribution < -0.4 is 5.73 Å². The lowest BCUT2D eigenvalue weighted by molar-refractivity contribution is 0.0952. The van der Waals surface area contributed by atoms with Gasteiger partial charge in [0, 0.05) is 55.2 Å². The highest BCUT2D eigenvalue weighted by atomic mass is 79.9. The first kappa shape index (κ1) is 17.7. The van der Waals surface area contributed by atoms with Crippen molar-refractivity contribution < 1.29 is 0 Å². The molecule has 0 saturated carbocycles. The first-order valence-electron chi connectivity index (χ1n) is 7.27. The van der Waals surface area contributed by atoms with E-state index in [9.17, 15) is 0 Å². The molecule has 0 bridgehead atoms. The zero-order chi connectivity index (χ0) is 15.4. The maximum absolute atomic E-state index is 6.16. The third-order valence-electron chi connectivity index (χ3n) is 3.93. The number of hydrogen-bond donors (Lipinski definition) is 1. The van der Waals surface area contributed by atoms with Crippen LogP contribution >= 0.6 is 38.9 Å². The van der Waals surface area contributed by atoms with E-state index in [0.29, 0.717) is 6.54 Å². The summed E-state index contributed by atoms with van der Waals surface area (Å²) in [5, 5.41) is 0. The van der Waals surface area contributed by atoms with Crippen molar-refractivity contribution in [2.75, 3.05) is 59.9 Å². The summed E-state index contributed by atoms with van der Waals surface area (Å²) in [4.78, 5) is 8.51. The summed E-state index contributed by atoms with van der Waals surface area (Å²) < 4.78 is 1.79. The van der Waals surface area contributed by atoms with E-state index >= 15 is 0 Å². The molecule has 1 unspecified atom stereocenters. The smallest absolute Gasteiger partial charge is 0.107 e. The van der Waals surface area contributed by atoms with Crippen LogP contribution in [0.3, 0.4) is 0 Å². The number of hydrogen-bond acceptors (Lipinski definition) is 5. The fraction of sp³-hybridized carbons (Fsp3) is 0.714. The molecule has 2 rings (SSSR count). The Morgan fingerprint density at radius 3 is 2.52 bits per heavy atom. The molecule has 1 aliphatic heterocycles. The van der Waals surface area contributed by atoms with E-state index in [0.717, 1.165) is 48.1 Å². The predicted octanol–water partition coefficient (Wildman–Crippen LogP) is 2.34. The molecule has 2 heterocycles. The Balaban J connectivity index is 1.90. The molecule has 2 N–H and O–H groups in total. The Kier molecular flexibility index (Phi) is 6.93. The third kappa shape index (κ3) is 4.89. The van der Waals surface area contributed by atoms with Gasteiger partial charge in [0.1, 0.15) is 4.34 Å². The van der Waals surface area contributed by atoms with Gasteiger partial charge in [-0.05, 0) is 36.1 Å². The van der Waals surface area contributed by atoms with Crippen LogP contribution in [0, 0.1) is 0 Å². The van der Waals surface area contributed by atoms with Crippen LogP contribution in [-0.2, 0) is 0 Å². The summed E-state index contributed by atoms with van der Waals surface area (Å²) in [7, 11) is 4.25. The van der Waals surface area contributed by atoms with Crippen molar-refractivity contribution in [2.24, 2.45) is 5.73 Å². The van der Waals surface area contributed by atoms with E-state index in [1.54, 1.807) is 11.3 Å². The maximum atomic E-state index is 6.16. The van der Waals surface area contributed by atoms with E-state index in [1.807, 2.05) is 0 Å². The molecular formula is C14H24BrClN4S. The van der Waals surface area contributed by atoms with Crippen molar-refractivity contribution in [2.45, 2.75) is 6.04 Å². The lowest BCUT2D eigenvalue weighted by atomic mass is 10.1. The van der Waals surface area contributed by atoms with Crippen molar-refractivity contribution >= 4 is 38.9 Å². The highest BCUT2D eigenvalue weighted by Crippen LogP contribution is 2.37. The van der Waals surface area contributed by atoms with Gasteiger partial charge in [-0.25, -0.2) is 0 Å². The van der Waals surface area contributed by atoms with Crippen LogP contribution in [0.4, 0.5) is 0 Å². The molecule has 1 aromatic rings. The molecule has 1 fully saturated rings. The van der Waals surface area contributed by atoms with Crippen LogP contribution in [0.5, 0.6) is 0 Å². The van der Waals surface area contributed by atoms with Gasteiger partial charge >= 0.3 is 0 Å². The largest absolute Gasteiger partial charge is 0.329 e. The van der Waals surface area contributed by atoms with Crippen molar-refractivity contribution in [3.05, 3.63) is 19.8 Å². The highest BCUT2D eigenvalue weighted by Gasteiger charge is 2.25. The van der Waals surface area contributed by atoms with Gasteiger partial charge < -0.3 is 10.6 Å². The highest BCUT2D eigenvalue weighted by molar-refractivity contribution is 9.10. The van der Waals surface area contributed by atoms with Gasteiger partial charge in [0.25, 0.3) is 0 Å². The van der Waals surface area contributed by atoms with Crippen molar-refractivity contribution in [3.63, 3.8) is 0 Å². The Morgan fingerprint density at radius 1 is 1.38 bits per heavy atom. The quantitative estimate of drug-likeness (QED) is 0.802. The van der Waals surface area contributed by atoms with Gasteiger partial charge in [-0.2, -0.15) is 0 Å². The minimum Gasteiger partial charge on any atom is -0.329 e. The van der Waals surface area contributed by atoms with Crippen LogP contribution in [0.25, 0.3) is 0 Å². The first-order chi connectivity index (χ1) is 10.0. The summed E-state index contributed by atoms with van der Waals surface area (Å²) in [6.07, 6.45) is 0. The first-order valence-corrected chi connectivity index (χ1v) is 9.26. The molecule has 1 saturated heterocycles. The SMILES string of the molecule is CN(C)CCN1CCN(C(CN)c2cc(Br)c(Cl)s2)CC1. The van der Waals surface area contributed by atoms with Crippen LogP contribution in [0.15, 0.2) is 10.5 Å². The summed E-state index contributed by atoms with van der Waals surface area (Å²) in [5.41, 5.74) is 6.01.